The SMILES string of the molecule is Cc1ccc(S(=O)(=O)N2CCN(CC(=O)/C=C3\N(C)c4ccccc4C3(C)C)CC2)cc1. The van der Waals surface area contributed by atoms with E-state index in [0.29, 0.717) is 37.6 Å². The van der Waals surface area contributed by atoms with Gasteiger partial charge in [-0.15, -0.1) is 0 Å². The summed E-state index contributed by atoms with van der Waals surface area (Å²) in [5.74, 6) is 0.0440. The van der Waals surface area contributed by atoms with Crippen molar-refractivity contribution in [2.45, 2.75) is 31.1 Å². The van der Waals surface area contributed by atoms with Gasteiger partial charge in [0.15, 0.2) is 5.78 Å². The first kappa shape index (κ1) is 22.7. The van der Waals surface area contributed by atoms with Crippen molar-refractivity contribution < 1.29 is 13.2 Å². The van der Waals surface area contributed by atoms with Crippen LogP contribution in [0.15, 0.2) is 65.2 Å². The first-order chi connectivity index (χ1) is 15.1. The number of nitrogens with zero attached hydrogens (tertiary/aromatic N) is 3. The minimum Gasteiger partial charge on any atom is -0.347 e. The van der Waals surface area contributed by atoms with Gasteiger partial charge in [0.05, 0.1) is 11.4 Å². The summed E-state index contributed by atoms with van der Waals surface area (Å²) < 4.78 is 27.3. The lowest BCUT2D eigenvalue weighted by Crippen LogP contribution is -2.49. The van der Waals surface area contributed by atoms with Crippen LogP contribution in [-0.4, -0.2) is 63.2 Å². The number of rotatable bonds is 5. The van der Waals surface area contributed by atoms with E-state index >= 15 is 0 Å². The summed E-state index contributed by atoms with van der Waals surface area (Å²) in [5.41, 5.74) is 4.13. The zero-order valence-electron chi connectivity index (χ0n) is 19.2. The minimum absolute atomic E-state index is 0.0440. The van der Waals surface area contributed by atoms with Crippen LogP contribution in [0.4, 0.5) is 5.69 Å². The third-order valence-corrected chi connectivity index (χ3v) is 8.52. The van der Waals surface area contributed by atoms with Gasteiger partial charge in [-0.05, 0) is 30.7 Å². The van der Waals surface area contributed by atoms with Gasteiger partial charge in [-0.1, -0.05) is 49.7 Å². The molecule has 0 atom stereocenters. The highest BCUT2D eigenvalue weighted by atomic mass is 32.2. The van der Waals surface area contributed by atoms with Crippen LogP contribution in [-0.2, 0) is 20.2 Å². The maximum Gasteiger partial charge on any atom is 0.243 e. The van der Waals surface area contributed by atoms with E-state index in [-0.39, 0.29) is 11.2 Å². The van der Waals surface area contributed by atoms with Crippen LogP contribution < -0.4 is 4.90 Å². The second-order valence-corrected chi connectivity index (χ2v) is 11.1. The molecular weight excluding hydrogens is 422 g/mol. The summed E-state index contributed by atoms with van der Waals surface area (Å²) in [6.07, 6.45) is 1.76. The fourth-order valence-corrected chi connectivity index (χ4v) is 6.09. The first-order valence-corrected chi connectivity index (χ1v) is 12.4. The van der Waals surface area contributed by atoms with Gasteiger partial charge in [-0.2, -0.15) is 4.31 Å². The lowest BCUT2D eigenvalue weighted by atomic mass is 9.83. The Morgan fingerprint density at radius 1 is 1.00 bits per heavy atom. The van der Waals surface area contributed by atoms with Gasteiger partial charge in [0.2, 0.25) is 10.0 Å². The van der Waals surface area contributed by atoms with E-state index in [1.165, 1.54) is 9.87 Å². The van der Waals surface area contributed by atoms with Gasteiger partial charge >= 0.3 is 0 Å². The van der Waals surface area contributed by atoms with Crippen LogP contribution in [0.3, 0.4) is 0 Å². The monoisotopic (exact) mass is 453 g/mol. The molecule has 1 fully saturated rings. The topological polar surface area (TPSA) is 60.9 Å². The molecule has 0 bridgehead atoms. The number of anilines is 1. The van der Waals surface area contributed by atoms with Crippen LogP contribution in [0.1, 0.15) is 25.0 Å². The number of benzene rings is 2. The third-order valence-electron chi connectivity index (χ3n) is 6.61. The highest BCUT2D eigenvalue weighted by molar-refractivity contribution is 7.89. The van der Waals surface area contributed by atoms with Gasteiger partial charge in [0, 0.05) is 56.1 Å². The minimum atomic E-state index is -3.50. The Kier molecular flexibility index (Phi) is 6.00. The molecule has 0 amide bonds. The number of piperazine rings is 1. The molecule has 2 aromatic rings. The number of ketones is 1. The van der Waals surface area contributed by atoms with Crippen LogP contribution in [0, 0.1) is 6.92 Å². The Balaban J connectivity index is 1.40. The fraction of sp³-hybridized carbons (Fsp3) is 0.400. The van der Waals surface area contributed by atoms with Crippen molar-refractivity contribution in [1.29, 1.82) is 0 Å². The highest BCUT2D eigenvalue weighted by Gasteiger charge is 2.38. The van der Waals surface area contributed by atoms with Crippen molar-refractivity contribution in [2.75, 3.05) is 44.7 Å². The number of aryl methyl sites for hydroxylation is 1. The molecule has 0 radical (unpaired) electrons. The maximum atomic E-state index is 12.9. The van der Waals surface area contributed by atoms with Crippen molar-refractivity contribution in [3.05, 3.63) is 71.4 Å². The predicted molar refractivity (Wildman–Crippen MR) is 127 cm³/mol. The van der Waals surface area contributed by atoms with Gasteiger partial charge in [0.25, 0.3) is 0 Å². The number of allylic oxidation sites excluding steroid dienone is 1. The van der Waals surface area contributed by atoms with Crippen LogP contribution in [0.5, 0.6) is 0 Å². The Labute approximate surface area is 191 Å². The summed E-state index contributed by atoms with van der Waals surface area (Å²) in [4.78, 5) is 17.4. The largest absolute Gasteiger partial charge is 0.347 e. The molecule has 0 unspecified atom stereocenters. The number of hydrogen-bond donors (Lipinski definition) is 0. The summed E-state index contributed by atoms with van der Waals surface area (Å²) >= 11 is 0. The first-order valence-electron chi connectivity index (χ1n) is 11.0. The normalized spacial score (nSPS) is 20.5. The van der Waals surface area contributed by atoms with Crippen molar-refractivity contribution >= 4 is 21.5 Å². The number of hydrogen-bond acceptors (Lipinski definition) is 5. The highest BCUT2D eigenvalue weighted by Crippen LogP contribution is 2.46. The summed E-state index contributed by atoms with van der Waals surface area (Å²) in [7, 11) is -1.50. The average Bonchev–Trinajstić information content (AvgIpc) is 2.95. The Bertz CT molecular complexity index is 1150. The van der Waals surface area contributed by atoms with Crippen LogP contribution in [0.2, 0.25) is 0 Å². The molecule has 2 aromatic carbocycles. The number of likely N-dealkylation sites (N-methyl/N-ethyl adjacent to an activating group) is 1. The molecule has 0 aliphatic carbocycles. The van der Waals surface area contributed by atoms with Crippen LogP contribution in [0.25, 0.3) is 0 Å². The molecule has 7 heteroatoms. The molecule has 170 valence electrons. The van der Waals surface area contributed by atoms with E-state index < -0.39 is 10.0 Å². The number of carbonyl (C=O) groups excluding carboxylic acids is 1. The van der Waals surface area contributed by atoms with Gasteiger partial charge < -0.3 is 4.90 Å². The molecule has 2 heterocycles. The smallest absolute Gasteiger partial charge is 0.243 e. The van der Waals surface area contributed by atoms with Crippen molar-refractivity contribution in [3.63, 3.8) is 0 Å². The average molecular weight is 454 g/mol. The zero-order valence-corrected chi connectivity index (χ0v) is 20.0. The predicted octanol–water partition coefficient (Wildman–Crippen LogP) is 3.18. The van der Waals surface area contributed by atoms with E-state index in [9.17, 15) is 13.2 Å². The van der Waals surface area contributed by atoms with E-state index in [4.69, 9.17) is 0 Å². The molecule has 32 heavy (non-hydrogen) atoms. The van der Waals surface area contributed by atoms with Crippen LogP contribution >= 0.6 is 0 Å². The number of fused-ring (bicyclic) bond motifs is 1. The van der Waals surface area contributed by atoms with Gasteiger partial charge in [-0.3, -0.25) is 9.69 Å². The number of para-hydroxylation sites is 1. The lowest BCUT2D eigenvalue weighted by molar-refractivity contribution is -0.116. The zero-order chi connectivity index (χ0) is 23.1. The lowest BCUT2D eigenvalue weighted by Gasteiger charge is -2.33. The Morgan fingerprint density at radius 2 is 1.62 bits per heavy atom. The Morgan fingerprint density at radius 3 is 2.25 bits per heavy atom. The van der Waals surface area contributed by atoms with Crippen molar-refractivity contribution in [1.82, 2.24) is 9.21 Å². The summed E-state index contributed by atoms with van der Waals surface area (Å²) in [6.45, 7) is 8.37. The fourth-order valence-electron chi connectivity index (χ4n) is 4.66. The maximum absolute atomic E-state index is 12.9. The molecule has 4 rings (SSSR count). The van der Waals surface area contributed by atoms with Crippen molar-refractivity contribution in [2.24, 2.45) is 0 Å². The van der Waals surface area contributed by atoms with E-state index in [0.717, 1.165) is 16.9 Å². The van der Waals surface area contributed by atoms with E-state index in [2.05, 4.69) is 30.9 Å². The molecule has 1 saturated heterocycles. The van der Waals surface area contributed by atoms with Gasteiger partial charge in [0.1, 0.15) is 0 Å². The van der Waals surface area contributed by atoms with E-state index in [1.807, 2.05) is 43.1 Å². The van der Waals surface area contributed by atoms with Gasteiger partial charge in [-0.25, -0.2) is 8.42 Å². The second kappa shape index (κ2) is 8.46. The number of carbonyl (C=O) groups is 1. The molecule has 0 aromatic heterocycles. The quantitative estimate of drug-likeness (QED) is 0.651. The summed E-state index contributed by atoms with van der Waals surface area (Å²) in [6, 6.07) is 15.2. The third kappa shape index (κ3) is 4.12. The summed E-state index contributed by atoms with van der Waals surface area (Å²) in [5, 5.41) is 0. The van der Waals surface area contributed by atoms with E-state index in [1.54, 1.807) is 18.2 Å². The standard InChI is InChI=1S/C25H31N3O3S/c1-19-9-11-21(12-10-19)32(30,31)28-15-13-27(14-16-28)18-20(29)17-24-25(2,3)22-7-5-6-8-23(22)26(24)4/h5-12,17H,13-16,18H2,1-4H3/b24-17-. The molecule has 0 spiro atoms. The molecule has 2 aliphatic heterocycles. The van der Waals surface area contributed by atoms with Crippen molar-refractivity contribution in [3.8, 4) is 0 Å². The second-order valence-electron chi connectivity index (χ2n) is 9.19. The molecule has 0 saturated carbocycles. The molecule has 2 aliphatic rings. The molecule has 6 nitrogen and oxygen atoms in total. The Hall–Kier alpha value is -2.48. The molecule has 0 N–H and O–H groups in total. The number of sulfonamides is 1. The molecular formula is C25H31N3O3S.